The maximum atomic E-state index is 12.8. The number of alkyl halides is 3. The Morgan fingerprint density at radius 2 is 1.67 bits per heavy atom. The van der Waals surface area contributed by atoms with Crippen LogP contribution < -0.4 is 0 Å². The Morgan fingerprint density at radius 1 is 1.04 bits per heavy atom. The fourth-order valence-electron chi connectivity index (χ4n) is 3.08. The molecular formula is C16H17F3N2O2S. The van der Waals surface area contributed by atoms with Crippen LogP contribution in [-0.2, 0) is 22.7 Å². The lowest BCUT2D eigenvalue weighted by molar-refractivity contribution is -0.137. The first kappa shape index (κ1) is 17.0. The van der Waals surface area contributed by atoms with E-state index in [4.69, 9.17) is 0 Å². The van der Waals surface area contributed by atoms with E-state index < -0.39 is 21.8 Å². The number of aryl methyl sites for hydroxylation is 1. The molecule has 24 heavy (non-hydrogen) atoms. The molecule has 0 spiro atoms. The van der Waals surface area contributed by atoms with Crippen LogP contribution in [0.25, 0.3) is 0 Å². The molecule has 4 nitrogen and oxygen atoms in total. The summed E-state index contributed by atoms with van der Waals surface area (Å²) in [5.41, 5.74) is 1.08. The Morgan fingerprint density at radius 3 is 2.25 bits per heavy atom. The second-order valence-corrected chi connectivity index (χ2v) is 7.76. The van der Waals surface area contributed by atoms with E-state index in [-0.39, 0.29) is 17.5 Å². The smallest absolute Gasteiger partial charge is 0.346 e. The van der Waals surface area contributed by atoms with Gasteiger partial charge in [-0.3, -0.25) is 0 Å². The third-order valence-electron chi connectivity index (χ3n) is 4.42. The minimum atomic E-state index is -4.49. The summed E-state index contributed by atoms with van der Waals surface area (Å²) in [7, 11) is -3.85. The summed E-state index contributed by atoms with van der Waals surface area (Å²) in [5, 5.41) is 0. The molecule has 0 amide bonds. The lowest BCUT2D eigenvalue weighted by atomic mass is 10.2. The van der Waals surface area contributed by atoms with Gasteiger partial charge in [0.25, 0.3) is 0 Å². The molecule has 1 aromatic heterocycles. The largest absolute Gasteiger partial charge is 0.416 e. The first-order valence-corrected chi connectivity index (χ1v) is 8.91. The number of benzene rings is 1. The van der Waals surface area contributed by atoms with E-state index >= 15 is 0 Å². The highest BCUT2D eigenvalue weighted by molar-refractivity contribution is 7.89. The summed E-state index contributed by atoms with van der Waals surface area (Å²) in [4.78, 5) is -0.126. The summed E-state index contributed by atoms with van der Waals surface area (Å²) >= 11 is 0. The molecule has 0 saturated carbocycles. The number of nitrogens with zero attached hydrogens (tertiary/aromatic N) is 2. The molecule has 2 aromatic rings. The molecule has 0 radical (unpaired) electrons. The van der Waals surface area contributed by atoms with E-state index in [1.807, 2.05) is 19.1 Å². The number of sulfonamides is 1. The fraction of sp³-hybridized carbons (Fsp3) is 0.375. The third-order valence-corrected chi connectivity index (χ3v) is 6.41. The summed E-state index contributed by atoms with van der Waals surface area (Å²) in [6.07, 6.45) is -4.49. The number of fused-ring (bicyclic) bond motifs is 1. The van der Waals surface area contributed by atoms with E-state index in [0.717, 1.165) is 35.7 Å². The van der Waals surface area contributed by atoms with Crippen LogP contribution in [0.4, 0.5) is 13.2 Å². The van der Waals surface area contributed by atoms with Crippen LogP contribution >= 0.6 is 0 Å². The van der Waals surface area contributed by atoms with Crippen molar-refractivity contribution in [2.45, 2.75) is 37.5 Å². The van der Waals surface area contributed by atoms with Crippen LogP contribution in [0.3, 0.4) is 0 Å². The molecule has 1 aliphatic heterocycles. The van der Waals surface area contributed by atoms with Crippen molar-refractivity contribution in [3.05, 3.63) is 53.3 Å². The highest BCUT2D eigenvalue weighted by Crippen LogP contribution is 2.34. The average molecular weight is 358 g/mol. The van der Waals surface area contributed by atoms with E-state index in [9.17, 15) is 21.6 Å². The van der Waals surface area contributed by atoms with Gasteiger partial charge in [-0.2, -0.15) is 17.5 Å². The Labute approximate surface area is 138 Å². The van der Waals surface area contributed by atoms with Gasteiger partial charge in [0.05, 0.1) is 16.5 Å². The van der Waals surface area contributed by atoms with E-state index in [2.05, 4.69) is 4.57 Å². The second kappa shape index (κ2) is 5.63. The van der Waals surface area contributed by atoms with E-state index in [1.54, 1.807) is 6.92 Å². The molecule has 0 fully saturated rings. The Balaban J connectivity index is 1.94. The predicted octanol–water partition coefficient (Wildman–Crippen LogP) is 3.58. The lowest BCUT2D eigenvalue weighted by Crippen LogP contribution is -2.41. The zero-order chi connectivity index (χ0) is 17.7. The van der Waals surface area contributed by atoms with Crippen molar-refractivity contribution in [1.82, 2.24) is 8.87 Å². The Kier molecular flexibility index (Phi) is 4.00. The number of hydrogen-bond donors (Lipinski definition) is 0. The zero-order valence-electron chi connectivity index (χ0n) is 13.2. The normalized spacial score (nSPS) is 19.3. The van der Waals surface area contributed by atoms with Crippen molar-refractivity contribution >= 4 is 10.0 Å². The molecule has 1 aromatic carbocycles. The molecular weight excluding hydrogens is 341 g/mol. The Hall–Kier alpha value is -1.80. The molecule has 0 aliphatic carbocycles. The lowest BCUT2D eigenvalue weighted by Gasteiger charge is -2.34. The molecule has 0 unspecified atom stereocenters. The van der Waals surface area contributed by atoms with Gasteiger partial charge in [-0.05, 0) is 50.2 Å². The second-order valence-electron chi connectivity index (χ2n) is 5.87. The van der Waals surface area contributed by atoms with Crippen LogP contribution in [0, 0.1) is 6.92 Å². The molecule has 3 rings (SSSR count). The number of rotatable bonds is 2. The quantitative estimate of drug-likeness (QED) is 0.823. The van der Waals surface area contributed by atoms with Crippen LogP contribution in [0.1, 0.15) is 29.9 Å². The van der Waals surface area contributed by atoms with Gasteiger partial charge in [0.15, 0.2) is 0 Å². The molecule has 1 aliphatic rings. The van der Waals surface area contributed by atoms with Crippen molar-refractivity contribution in [3.63, 3.8) is 0 Å². The van der Waals surface area contributed by atoms with Crippen molar-refractivity contribution in [2.75, 3.05) is 6.54 Å². The maximum absolute atomic E-state index is 12.8. The van der Waals surface area contributed by atoms with E-state index in [0.29, 0.717) is 6.54 Å². The van der Waals surface area contributed by atoms with Crippen LogP contribution in [0.15, 0.2) is 41.3 Å². The summed E-state index contributed by atoms with van der Waals surface area (Å²) in [5.74, 6) is 0. The molecule has 130 valence electrons. The topological polar surface area (TPSA) is 42.3 Å². The molecule has 2 heterocycles. The highest BCUT2D eigenvalue weighted by Gasteiger charge is 2.35. The van der Waals surface area contributed by atoms with E-state index in [1.165, 1.54) is 4.31 Å². The molecule has 0 N–H and O–H groups in total. The minimum Gasteiger partial charge on any atom is -0.346 e. The monoisotopic (exact) mass is 358 g/mol. The third kappa shape index (κ3) is 2.73. The van der Waals surface area contributed by atoms with Gasteiger partial charge in [0.2, 0.25) is 10.0 Å². The van der Waals surface area contributed by atoms with Crippen molar-refractivity contribution < 1.29 is 21.6 Å². The number of halogens is 3. The van der Waals surface area contributed by atoms with Gasteiger partial charge in [0, 0.05) is 24.5 Å². The van der Waals surface area contributed by atoms with Gasteiger partial charge >= 0.3 is 6.18 Å². The Bertz CT molecular complexity index is 854. The predicted molar refractivity (Wildman–Crippen MR) is 82.9 cm³/mol. The molecule has 0 bridgehead atoms. The van der Waals surface area contributed by atoms with Gasteiger partial charge in [-0.25, -0.2) is 8.42 Å². The van der Waals surface area contributed by atoms with Gasteiger partial charge in [-0.15, -0.1) is 0 Å². The maximum Gasteiger partial charge on any atom is 0.416 e. The van der Waals surface area contributed by atoms with Crippen molar-refractivity contribution in [3.8, 4) is 0 Å². The van der Waals surface area contributed by atoms with Crippen molar-refractivity contribution in [2.24, 2.45) is 0 Å². The molecule has 0 saturated heterocycles. The SMILES string of the molecule is Cc1ccc2n1CCN(S(=O)(=O)c1ccc(C(F)(F)F)cc1)[C@@H]2C. The highest BCUT2D eigenvalue weighted by atomic mass is 32.2. The average Bonchev–Trinajstić information content (AvgIpc) is 2.89. The molecule has 1 atom stereocenters. The zero-order valence-corrected chi connectivity index (χ0v) is 14.0. The van der Waals surface area contributed by atoms with Crippen LogP contribution in [0.2, 0.25) is 0 Å². The first-order valence-electron chi connectivity index (χ1n) is 7.47. The van der Waals surface area contributed by atoms with Gasteiger partial charge < -0.3 is 4.57 Å². The summed E-state index contributed by atoms with van der Waals surface area (Å²) in [6, 6.07) is 7.07. The fourth-order valence-corrected chi connectivity index (χ4v) is 4.68. The van der Waals surface area contributed by atoms with Gasteiger partial charge in [0.1, 0.15) is 0 Å². The molecule has 8 heteroatoms. The number of hydrogen-bond acceptors (Lipinski definition) is 2. The van der Waals surface area contributed by atoms with Crippen molar-refractivity contribution in [1.29, 1.82) is 0 Å². The summed E-state index contributed by atoms with van der Waals surface area (Å²) in [6.45, 7) is 4.55. The van der Waals surface area contributed by atoms with Crippen LogP contribution in [-0.4, -0.2) is 23.8 Å². The number of aromatic nitrogens is 1. The van der Waals surface area contributed by atoms with Crippen LogP contribution in [0.5, 0.6) is 0 Å². The summed E-state index contributed by atoms with van der Waals surface area (Å²) < 4.78 is 66.9. The standard InChI is InChI=1S/C16H17F3N2O2S/c1-11-3-8-15-12(2)21(10-9-20(11)15)24(22,23)14-6-4-13(5-7-14)16(17,18)19/h3-8,12H,9-10H2,1-2H3/t12-/m1/s1. The minimum absolute atomic E-state index is 0.126. The van der Waals surface area contributed by atoms with Gasteiger partial charge in [-0.1, -0.05) is 0 Å². The first-order chi connectivity index (χ1) is 11.1.